The van der Waals surface area contributed by atoms with Gasteiger partial charge in [0.25, 0.3) is 10.0 Å². The van der Waals surface area contributed by atoms with Crippen molar-refractivity contribution in [1.82, 2.24) is 3.97 Å². The number of rotatable bonds is 6. The average molecular weight is 594 g/mol. The van der Waals surface area contributed by atoms with E-state index in [0.29, 0.717) is 54.8 Å². The van der Waals surface area contributed by atoms with Crippen molar-refractivity contribution in [1.29, 1.82) is 0 Å². The second kappa shape index (κ2) is 9.54. The van der Waals surface area contributed by atoms with Gasteiger partial charge in [-0.15, -0.1) is 0 Å². The van der Waals surface area contributed by atoms with Crippen molar-refractivity contribution in [3.05, 3.63) is 105 Å². The zero-order chi connectivity index (χ0) is 27.5. The first kappa shape index (κ1) is 25.7. The third-order valence-corrected chi connectivity index (χ3v) is 9.93. The van der Waals surface area contributed by atoms with Crippen LogP contribution < -0.4 is 0 Å². The van der Waals surface area contributed by atoms with Gasteiger partial charge in [0, 0.05) is 32.1 Å². The molecule has 2 unspecified atom stereocenters. The fourth-order valence-electron chi connectivity index (χ4n) is 5.09. The molecule has 5 aromatic rings. The zero-order valence-corrected chi connectivity index (χ0v) is 23.2. The topological polar surface area (TPSA) is 80.7 Å². The van der Waals surface area contributed by atoms with Gasteiger partial charge in [0.05, 0.1) is 28.6 Å². The molecule has 1 saturated carbocycles. The van der Waals surface area contributed by atoms with Crippen molar-refractivity contribution in [3.8, 4) is 22.4 Å². The molecule has 1 fully saturated rings. The maximum absolute atomic E-state index is 14.3. The lowest BCUT2D eigenvalue weighted by Gasteiger charge is -2.15. The molecule has 6 nitrogen and oxygen atoms in total. The van der Waals surface area contributed by atoms with E-state index in [9.17, 15) is 18.3 Å². The smallest absolute Gasteiger partial charge is 0.307 e. The Labute approximate surface area is 238 Å². The second-order valence-electron chi connectivity index (χ2n) is 9.28. The van der Waals surface area contributed by atoms with E-state index in [0.717, 1.165) is 5.56 Å². The quantitative estimate of drug-likeness (QED) is 0.201. The number of carboxylic acids is 1. The fourth-order valence-corrected chi connectivity index (χ4v) is 7.68. The molecule has 0 spiro atoms. The normalized spacial score (nSPS) is 16.7. The van der Waals surface area contributed by atoms with Gasteiger partial charge in [0.1, 0.15) is 0 Å². The minimum atomic E-state index is -4.16. The Morgan fingerprint density at radius 1 is 1.03 bits per heavy atom. The first-order valence-electron chi connectivity index (χ1n) is 11.8. The van der Waals surface area contributed by atoms with Crippen LogP contribution in [0.3, 0.4) is 0 Å². The van der Waals surface area contributed by atoms with Crippen LogP contribution >= 0.6 is 34.5 Å². The van der Waals surface area contributed by atoms with Crippen molar-refractivity contribution >= 4 is 66.4 Å². The molecule has 0 radical (unpaired) electrons. The molecular formula is C29H18Cl2N2O4S2. The summed E-state index contributed by atoms with van der Waals surface area (Å²) in [6.45, 7) is 7.73. The SMILES string of the molecule is [C-]#[N+]c1sccc1-c1c(-c2cc(Cl)cc(C3CC3C(=O)O)c2)n(S(=O)(=O)c2ccc(Cl)cc2)c2ccccc12. The summed E-state index contributed by atoms with van der Waals surface area (Å²) in [5.74, 6) is -1.60. The van der Waals surface area contributed by atoms with Crippen LogP contribution in [0.25, 0.3) is 38.1 Å². The molecule has 0 saturated heterocycles. The summed E-state index contributed by atoms with van der Waals surface area (Å²) in [6, 6.07) is 20.1. The van der Waals surface area contributed by atoms with Gasteiger partial charge in [0.2, 0.25) is 5.00 Å². The van der Waals surface area contributed by atoms with E-state index in [-0.39, 0.29) is 10.8 Å². The molecule has 39 heavy (non-hydrogen) atoms. The molecule has 1 N–H and O–H groups in total. The number of nitrogens with zero attached hydrogens (tertiary/aromatic N) is 2. The third kappa shape index (κ3) is 4.32. The van der Waals surface area contributed by atoms with Crippen molar-refractivity contribution in [2.45, 2.75) is 17.2 Å². The van der Waals surface area contributed by atoms with Gasteiger partial charge in [-0.05, 0) is 71.8 Å². The lowest BCUT2D eigenvalue weighted by atomic mass is 9.97. The Balaban J connectivity index is 1.72. The van der Waals surface area contributed by atoms with Crippen LogP contribution in [0.2, 0.25) is 10.0 Å². The number of aliphatic carboxylic acids is 1. The molecule has 2 heterocycles. The largest absolute Gasteiger partial charge is 0.481 e. The van der Waals surface area contributed by atoms with Gasteiger partial charge in [-0.2, -0.15) is 11.3 Å². The Morgan fingerprint density at radius 3 is 2.46 bits per heavy atom. The molecular weight excluding hydrogens is 575 g/mol. The minimum Gasteiger partial charge on any atom is -0.481 e. The number of fused-ring (bicyclic) bond motifs is 1. The summed E-state index contributed by atoms with van der Waals surface area (Å²) in [7, 11) is -4.16. The van der Waals surface area contributed by atoms with Crippen molar-refractivity contribution < 1.29 is 18.3 Å². The van der Waals surface area contributed by atoms with E-state index < -0.39 is 21.9 Å². The Bertz CT molecular complexity index is 1940. The summed E-state index contributed by atoms with van der Waals surface area (Å²) in [5.41, 5.74) is 3.24. The van der Waals surface area contributed by atoms with E-state index in [4.69, 9.17) is 29.8 Å². The van der Waals surface area contributed by atoms with Crippen LogP contribution in [-0.2, 0) is 14.8 Å². The number of hydrogen-bond donors (Lipinski definition) is 1. The molecule has 2 aromatic heterocycles. The number of carbonyl (C=O) groups is 1. The standard InChI is InChI=1S/C29H18Cl2N2O4S2/c1-32-28-22(10-11-38-28)26-21-4-2-3-5-25(21)33(39(36,37)20-8-6-18(30)7-9-20)27(26)17-12-16(13-19(31)14-17)23-15-24(23)29(34)35/h2-14,23-24H,15H2,(H,34,35). The van der Waals surface area contributed by atoms with Crippen LogP contribution in [-0.4, -0.2) is 23.5 Å². The predicted molar refractivity (Wildman–Crippen MR) is 154 cm³/mol. The zero-order valence-electron chi connectivity index (χ0n) is 20.0. The number of carboxylic acid groups (broad SMARTS) is 1. The Hall–Kier alpha value is -3.61. The number of thiophene rings is 1. The van der Waals surface area contributed by atoms with Gasteiger partial charge in [-0.25, -0.2) is 17.2 Å². The van der Waals surface area contributed by atoms with E-state index in [1.807, 2.05) is 24.3 Å². The summed E-state index contributed by atoms with van der Waals surface area (Å²) >= 11 is 13.9. The number of benzene rings is 3. The van der Waals surface area contributed by atoms with Gasteiger partial charge in [-0.1, -0.05) is 47.5 Å². The van der Waals surface area contributed by atoms with Crippen LogP contribution in [0, 0.1) is 12.5 Å². The first-order chi connectivity index (χ1) is 18.7. The Morgan fingerprint density at radius 2 is 1.77 bits per heavy atom. The molecule has 10 heteroatoms. The van der Waals surface area contributed by atoms with Gasteiger partial charge in [-0.3, -0.25) is 4.79 Å². The summed E-state index contributed by atoms with van der Waals surface area (Å²) in [4.78, 5) is 15.3. The van der Waals surface area contributed by atoms with Crippen molar-refractivity contribution in [3.63, 3.8) is 0 Å². The van der Waals surface area contributed by atoms with E-state index in [2.05, 4.69) is 4.85 Å². The van der Waals surface area contributed by atoms with Gasteiger partial charge in [0.15, 0.2) is 0 Å². The second-order valence-corrected chi connectivity index (χ2v) is 12.8. The molecule has 194 valence electrons. The monoisotopic (exact) mass is 592 g/mol. The maximum Gasteiger partial charge on any atom is 0.307 e. The number of halogens is 2. The average Bonchev–Trinajstić information content (AvgIpc) is 3.46. The number of para-hydroxylation sites is 1. The molecule has 0 bridgehead atoms. The summed E-state index contributed by atoms with van der Waals surface area (Å²) in [5, 5.41) is 13.2. The number of aromatic nitrogens is 1. The molecule has 3 aromatic carbocycles. The lowest BCUT2D eigenvalue weighted by Crippen LogP contribution is -2.14. The van der Waals surface area contributed by atoms with Crippen LogP contribution in [0.1, 0.15) is 17.9 Å². The highest BCUT2D eigenvalue weighted by Gasteiger charge is 2.44. The maximum atomic E-state index is 14.3. The molecule has 0 amide bonds. The van der Waals surface area contributed by atoms with Crippen LogP contribution in [0.4, 0.5) is 5.00 Å². The minimum absolute atomic E-state index is 0.0477. The van der Waals surface area contributed by atoms with Gasteiger partial charge >= 0.3 is 5.97 Å². The lowest BCUT2D eigenvalue weighted by molar-refractivity contribution is -0.138. The van der Waals surface area contributed by atoms with E-state index in [1.54, 1.807) is 29.6 Å². The molecule has 2 atom stereocenters. The van der Waals surface area contributed by atoms with Crippen molar-refractivity contribution in [2.24, 2.45) is 5.92 Å². The van der Waals surface area contributed by atoms with Crippen molar-refractivity contribution in [2.75, 3.05) is 0 Å². The molecule has 6 rings (SSSR count). The highest BCUT2D eigenvalue weighted by atomic mass is 35.5. The first-order valence-corrected chi connectivity index (χ1v) is 14.9. The van der Waals surface area contributed by atoms with Gasteiger partial charge < -0.3 is 5.11 Å². The summed E-state index contributed by atoms with van der Waals surface area (Å²) < 4.78 is 29.9. The number of hydrogen-bond acceptors (Lipinski definition) is 4. The molecule has 1 aliphatic rings. The highest BCUT2D eigenvalue weighted by molar-refractivity contribution is 7.90. The predicted octanol–water partition coefficient (Wildman–Crippen LogP) is 8.32. The molecule has 1 aliphatic carbocycles. The van der Waals surface area contributed by atoms with E-state index >= 15 is 0 Å². The fraction of sp³-hybridized carbons (Fsp3) is 0.103. The third-order valence-electron chi connectivity index (χ3n) is 6.93. The van der Waals surface area contributed by atoms with Crippen LogP contribution in [0.5, 0.6) is 0 Å². The van der Waals surface area contributed by atoms with E-state index in [1.165, 1.54) is 39.6 Å². The Kier molecular flexibility index (Phi) is 6.28. The van der Waals surface area contributed by atoms with Crippen LogP contribution in [0.15, 0.2) is 83.1 Å². The highest BCUT2D eigenvalue weighted by Crippen LogP contribution is 2.51. The summed E-state index contributed by atoms with van der Waals surface area (Å²) in [6.07, 6.45) is 0.487. The molecule has 0 aliphatic heterocycles.